The van der Waals surface area contributed by atoms with E-state index in [0.717, 1.165) is 24.0 Å². The third kappa shape index (κ3) is 4.69. The molecule has 0 unspecified atom stereocenters. The lowest BCUT2D eigenvalue weighted by molar-refractivity contribution is -0.165. The van der Waals surface area contributed by atoms with Gasteiger partial charge in [0.05, 0.1) is 12.5 Å². The van der Waals surface area contributed by atoms with Gasteiger partial charge in [0.25, 0.3) is 0 Å². The minimum absolute atomic E-state index is 0.0111. The van der Waals surface area contributed by atoms with Crippen molar-refractivity contribution in [3.8, 4) is 0 Å². The second kappa shape index (κ2) is 10.2. The average molecular weight is 535 g/mol. The maximum atomic E-state index is 13.5. The molecule has 1 aromatic heterocycles. The van der Waals surface area contributed by atoms with Crippen molar-refractivity contribution >= 4 is 12.3 Å². The van der Waals surface area contributed by atoms with Gasteiger partial charge >= 0.3 is 5.97 Å². The maximum Gasteiger partial charge on any atom is 0.340 e. The molecule has 8 atom stereocenters. The Balaban J connectivity index is 1.47. The van der Waals surface area contributed by atoms with Crippen molar-refractivity contribution in [2.24, 2.45) is 39.4 Å². The number of furan rings is 1. The molecule has 1 heterocycles. The zero-order valence-corrected chi connectivity index (χ0v) is 24.6. The van der Waals surface area contributed by atoms with Gasteiger partial charge in [-0.05, 0) is 84.2 Å². The van der Waals surface area contributed by atoms with E-state index in [1.54, 1.807) is 12.5 Å². The van der Waals surface area contributed by atoms with Crippen LogP contribution >= 0.6 is 0 Å². The molecular formula is C34H46O5. The van der Waals surface area contributed by atoms with Crippen molar-refractivity contribution in [3.05, 3.63) is 60.1 Å². The van der Waals surface area contributed by atoms with Crippen LogP contribution in [0.1, 0.15) is 103 Å². The topological polar surface area (TPSA) is 65.7 Å². The second-order valence-corrected chi connectivity index (χ2v) is 14.1. The Labute approximate surface area is 234 Å². The smallest absolute Gasteiger partial charge is 0.340 e. The standard InChI is InChI=1S/C34H46O5/c1-31(2)15-10-16-33(4)26(31)13-17-34(5)27(32(3,22-35)20-28(33)34)19-25(24-14-18-38-21-24)39-30(36)29(37-6)23-11-8-7-9-12-23/h7-9,11-12,14,18,21-22,25-29H,10,13,15-17,19-20H2,1-6H3/t25-,26-,27+,28+,29+,32+,33-,34-/m1/s1. The van der Waals surface area contributed by atoms with Gasteiger partial charge in [-0.1, -0.05) is 71.4 Å². The Kier molecular flexibility index (Phi) is 7.37. The van der Waals surface area contributed by atoms with E-state index in [4.69, 9.17) is 13.9 Å². The van der Waals surface area contributed by atoms with Crippen molar-refractivity contribution in [2.45, 2.75) is 91.8 Å². The summed E-state index contributed by atoms with van der Waals surface area (Å²) in [6.07, 6.45) is 10.7. The van der Waals surface area contributed by atoms with Crippen LogP contribution in [0.4, 0.5) is 0 Å². The number of rotatable bonds is 8. The molecule has 2 aromatic rings. The van der Waals surface area contributed by atoms with E-state index in [1.165, 1.54) is 39.1 Å². The van der Waals surface area contributed by atoms with Gasteiger partial charge in [-0.3, -0.25) is 0 Å². The third-order valence-corrected chi connectivity index (χ3v) is 11.5. The lowest BCUT2D eigenvalue weighted by Crippen LogP contribution is -2.54. The molecular weight excluding hydrogens is 488 g/mol. The number of carbonyl (C=O) groups is 2. The number of methoxy groups -OCH3 is 1. The molecule has 0 saturated heterocycles. The summed E-state index contributed by atoms with van der Waals surface area (Å²) in [6.45, 7) is 12.0. The summed E-state index contributed by atoms with van der Waals surface area (Å²) < 4.78 is 17.3. The summed E-state index contributed by atoms with van der Waals surface area (Å²) in [5.41, 5.74) is 1.63. The van der Waals surface area contributed by atoms with E-state index in [2.05, 4.69) is 34.6 Å². The van der Waals surface area contributed by atoms with Crippen molar-refractivity contribution in [3.63, 3.8) is 0 Å². The summed E-state index contributed by atoms with van der Waals surface area (Å²) in [7, 11) is 1.53. The van der Waals surface area contributed by atoms with E-state index in [-0.39, 0.29) is 16.7 Å². The monoisotopic (exact) mass is 534 g/mol. The van der Waals surface area contributed by atoms with Gasteiger partial charge in [-0.25, -0.2) is 4.79 Å². The highest BCUT2D eigenvalue weighted by Crippen LogP contribution is 2.73. The van der Waals surface area contributed by atoms with Crippen molar-refractivity contribution in [1.82, 2.24) is 0 Å². The number of benzene rings is 1. The average Bonchev–Trinajstić information content (AvgIpc) is 3.51. The molecule has 0 radical (unpaired) electrons. The number of aldehydes is 1. The molecule has 3 aliphatic rings. The van der Waals surface area contributed by atoms with Crippen LogP contribution in [-0.4, -0.2) is 19.4 Å². The highest BCUT2D eigenvalue weighted by atomic mass is 16.6. The van der Waals surface area contributed by atoms with Crippen LogP contribution in [-0.2, 0) is 19.1 Å². The Bertz CT molecular complexity index is 1160. The van der Waals surface area contributed by atoms with E-state index < -0.39 is 23.6 Å². The van der Waals surface area contributed by atoms with Crippen LogP contribution in [0, 0.1) is 39.4 Å². The van der Waals surface area contributed by atoms with Crippen LogP contribution in [0.5, 0.6) is 0 Å². The summed E-state index contributed by atoms with van der Waals surface area (Å²) >= 11 is 0. The normalized spacial score (nSPS) is 36.8. The summed E-state index contributed by atoms with van der Waals surface area (Å²) in [5, 5.41) is 0. The largest absolute Gasteiger partial charge is 0.472 e. The van der Waals surface area contributed by atoms with Gasteiger partial charge in [-0.15, -0.1) is 0 Å². The molecule has 0 spiro atoms. The minimum Gasteiger partial charge on any atom is -0.472 e. The van der Waals surface area contributed by atoms with E-state index in [1.807, 2.05) is 36.4 Å². The number of ether oxygens (including phenoxy) is 2. The molecule has 0 aliphatic heterocycles. The molecule has 1 aromatic carbocycles. The van der Waals surface area contributed by atoms with Gasteiger partial charge in [0.1, 0.15) is 12.4 Å². The number of hydrogen-bond acceptors (Lipinski definition) is 5. The zero-order valence-electron chi connectivity index (χ0n) is 24.6. The van der Waals surface area contributed by atoms with Gasteiger partial charge in [0, 0.05) is 18.1 Å². The maximum absolute atomic E-state index is 13.5. The molecule has 3 aliphatic carbocycles. The molecule has 5 heteroatoms. The van der Waals surface area contributed by atoms with Crippen molar-refractivity contribution < 1.29 is 23.5 Å². The Morgan fingerprint density at radius 1 is 1.00 bits per heavy atom. The molecule has 0 amide bonds. The van der Waals surface area contributed by atoms with Gasteiger partial charge in [0.15, 0.2) is 6.10 Å². The van der Waals surface area contributed by atoms with Crippen molar-refractivity contribution in [2.75, 3.05) is 7.11 Å². The van der Waals surface area contributed by atoms with Crippen LogP contribution in [0.3, 0.4) is 0 Å². The van der Waals surface area contributed by atoms with E-state index in [0.29, 0.717) is 23.7 Å². The van der Waals surface area contributed by atoms with Gasteiger partial charge in [0.2, 0.25) is 0 Å². The first-order chi connectivity index (χ1) is 18.5. The number of hydrogen-bond donors (Lipinski definition) is 0. The first kappa shape index (κ1) is 28.1. The summed E-state index contributed by atoms with van der Waals surface area (Å²) in [5.74, 6) is 0.787. The first-order valence-corrected chi connectivity index (χ1v) is 14.8. The SMILES string of the molecule is CO[C@H](C(=O)O[C@H](C[C@@H]1[C@@]2(C)CC[C@@H]3C(C)(C)CCC[C@@]3(C)[C@@H]2C[C@@]1(C)C=O)c1ccoc1)c1ccccc1. The van der Waals surface area contributed by atoms with E-state index in [9.17, 15) is 9.59 Å². The van der Waals surface area contributed by atoms with Gasteiger partial charge in [-0.2, -0.15) is 0 Å². The van der Waals surface area contributed by atoms with Crippen LogP contribution < -0.4 is 0 Å². The predicted molar refractivity (Wildman–Crippen MR) is 151 cm³/mol. The summed E-state index contributed by atoms with van der Waals surface area (Å²) in [6, 6.07) is 11.3. The molecule has 0 N–H and O–H groups in total. The highest BCUT2D eigenvalue weighted by molar-refractivity contribution is 5.76. The summed E-state index contributed by atoms with van der Waals surface area (Å²) in [4.78, 5) is 26.4. The molecule has 39 heavy (non-hydrogen) atoms. The second-order valence-electron chi connectivity index (χ2n) is 14.1. The lowest BCUT2D eigenvalue weighted by Gasteiger charge is -2.62. The predicted octanol–water partition coefficient (Wildman–Crippen LogP) is 8.12. The molecule has 5 nitrogen and oxygen atoms in total. The lowest BCUT2D eigenvalue weighted by atomic mass is 9.43. The van der Waals surface area contributed by atoms with E-state index >= 15 is 0 Å². The van der Waals surface area contributed by atoms with Crippen LogP contribution in [0.25, 0.3) is 0 Å². The van der Waals surface area contributed by atoms with Gasteiger partial charge < -0.3 is 18.7 Å². The number of esters is 1. The number of carbonyl (C=O) groups excluding carboxylic acids is 2. The Hall–Kier alpha value is -2.40. The van der Waals surface area contributed by atoms with Crippen LogP contribution in [0.2, 0.25) is 0 Å². The third-order valence-electron chi connectivity index (χ3n) is 11.5. The molecule has 5 rings (SSSR count). The molecule has 212 valence electrons. The fourth-order valence-corrected chi connectivity index (χ4v) is 9.70. The Morgan fingerprint density at radius 2 is 1.74 bits per heavy atom. The quantitative estimate of drug-likeness (QED) is 0.253. The number of fused-ring (bicyclic) bond motifs is 3. The Morgan fingerprint density at radius 3 is 2.38 bits per heavy atom. The first-order valence-electron chi connectivity index (χ1n) is 14.8. The molecule has 3 fully saturated rings. The fourth-order valence-electron chi connectivity index (χ4n) is 9.70. The zero-order chi connectivity index (χ0) is 28.1. The minimum atomic E-state index is -0.816. The molecule has 3 saturated carbocycles. The van der Waals surface area contributed by atoms with Crippen LogP contribution in [0.15, 0.2) is 53.3 Å². The van der Waals surface area contributed by atoms with Crippen molar-refractivity contribution in [1.29, 1.82) is 0 Å². The molecule has 0 bridgehead atoms. The fraction of sp³-hybridized carbons (Fsp3) is 0.647. The highest BCUT2D eigenvalue weighted by Gasteiger charge is 2.67.